The monoisotopic (exact) mass is 334 g/mol. The molecule has 0 saturated carbocycles. The number of para-hydroxylation sites is 1. The number of benzene rings is 1. The van der Waals surface area contributed by atoms with Gasteiger partial charge in [-0.15, -0.1) is 0 Å². The first kappa shape index (κ1) is 17.2. The second-order valence-electron chi connectivity index (χ2n) is 6.41. The fourth-order valence-corrected chi connectivity index (χ4v) is 3.56. The summed E-state index contributed by atoms with van der Waals surface area (Å²) in [5, 5.41) is 12.2. The summed E-state index contributed by atoms with van der Waals surface area (Å²) in [5.41, 5.74) is 0.582. The van der Waals surface area contributed by atoms with Crippen molar-refractivity contribution in [2.75, 3.05) is 32.9 Å². The smallest absolute Gasteiger partial charge is 0.255 e. The zero-order valence-electron chi connectivity index (χ0n) is 14.1. The van der Waals surface area contributed by atoms with Crippen LogP contribution in [0.3, 0.4) is 0 Å². The lowest BCUT2D eigenvalue weighted by Gasteiger charge is -2.34. The molecule has 0 unspecified atom stereocenters. The van der Waals surface area contributed by atoms with Crippen LogP contribution in [-0.4, -0.2) is 67.0 Å². The van der Waals surface area contributed by atoms with E-state index in [1.54, 1.807) is 6.07 Å². The van der Waals surface area contributed by atoms with E-state index >= 15 is 0 Å². The number of nitrogens with zero attached hydrogens (tertiary/aromatic N) is 1. The Balaban J connectivity index is 1.59. The Morgan fingerprint density at radius 1 is 1.42 bits per heavy atom. The molecule has 1 aromatic carbocycles. The average Bonchev–Trinajstić information content (AvgIpc) is 2.97. The van der Waals surface area contributed by atoms with E-state index in [0.29, 0.717) is 37.0 Å². The standard InChI is InChI=1S/C18H26N2O4/c1-2-23-17-6-4-3-5-16(17)18(22)19-13-9-14-12-24-15(7-8-21)11-20(14)10-13/h3-6,13-15,21H,2,7-12H2,1H3,(H,19,22)/t13-,14-,15-/m0/s1. The molecule has 24 heavy (non-hydrogen) atoms. The van der Waals surface area contributed by atoms with Crippen molar-refractivity contribution in [1.29, 1.82) is 0 Å². The summed E-state index contributed by atoms with van der Waals surface area (Å²) >= 11 is 0. The first-order chi connectivity index (χ1) is 11.7. The summed E-state index contributed by atoms with van der Waals surface area (Å²) in [6.07, 6.45) is 1.66. The first-order valence-electron chi connectivity index (χ1n) is 8.70. The third-order valence-corrected chi connectivity index (χ3v) is 4.71. The summed E-state index contributed by atoms with van der Waals surface area (Å²) in [4.78, 5) is 15.0. The number of aliphatic hydroxyl groups excluding tert-OH is 1. The van der Waals surface area contributed by atoms with Gasteiger partial charge in [-0.1, -0.05) is 12.1 Å². The first-order valence-corrected chi connectivity index (χ1v) is 8.70. The van der Waals surface area contributed by atoms with Gasteiger partial charge in [0.05, 0.1) is 24.9 Å². The van der Waals surface area contributed by atoms with Crippen LogP contribution in [-0.2, 0) is 4.74 Å². The third kappa shape index (κ3) is 3.88. The maximum atomic E-state index is 12.6. The molecule has 2 aliphatic rings. The van der Waals surface area contributed by atoms with E-state index in [-0.39, 0.29) is 24.7 Å². The summed E-state index contributed by atoms with van der Waals surface area (Å²) in [6.45, 7) is 4.93. The number of ether oxygens (including phenoxy) is 2. The van der Waals surface area contributed by atoms with E-state index in [0.717, 1.165) is 19.5 Å². The minimum atomic E-state index is -0.0864. The summed E-state index contributed by atoms with van der Waals surface area (Å²) in [5.74, 6) is 0.538. The molecule has 2 saturated heterocycles. The molecule has 0 aliphatic carbocycles. The zero-order chi connectivity index (χ0) is 16.9. The molecule has 2 aliphatic heterocycles. The van der Waals surface area contributed by atoms with E-state index in [1.165, 1.54) is 0 Å². The lowest BCUT2D eigenvalue weighted by molar-refractivity contribution is -0.0566. The van der Waals surface area contributed by atoms with Gasteiger partial charge in [0, 0.05) is 31.8 Å². The van der Waals surface area contributed by atoms with Crippen molar-refractivity contribution in [3.05, 3.63) is 29.8 Å². The van der Waals surface area contributed by atoms with Crippen molar-refractivity contribution in [3.63, 3.8) is 0 Å². The molecule has 3 rings (SSSR count). The number of aliphatic hydroxyl groups is 1. The molecule has 6 heteroatoms. The van der Waals surface area contributed by atoms with Crippen LogP contribution < -0.4 is 10.1 Å². The number of hydrogen-bond acceptors (Lipinski definition) is 5. The molecule has 6 nitrogen and oxygen atoms in total. The van der Waals surface area contributed by atoms with Crippen LogP contribution in [0.15, 0.2) is 24.3 Å². The quantitative estimate of drug-likeness (QED) is 0.813. The Morgan fingerprint density at radius 2 is 2.25 bits per heavy atom. The van der Waals surface area contributed by atoms with Crippen molar-refractivity contribution in [2.24, 2.45) is 0 Å². The summed E-state index contributed by atoms with van der Waals surface area (Å²) in [6, 6.07) is 7.81. The topological polar surface area (TPSA) is 71.0 Å². The minimum absolute atomic E-state index is 0.0864. The number of rotatable bonds is 6. The van der Waals surface area contributed by atoms with Gasteiger partial charge >= 0.3 is 0 Å². The van der Waals surface area contributed by atoms with Crippen LogP contribution >= 0.6 is 0 Å². The highest BCUT2D eigenvalue weighted by atomic mass is 16.5. The van der Waals surface area contributed by atoms with Crippen LogP contribution in [0.4, 0.5) is 0 Å². The lowest BCUT2D eigenvalue weighted by Crippen LogP contribution is -2.46. The van der Waals surface area contributed by atoms with Crippen molar-refractivity contribution in [3.8, 4) is 5.75 Å². The highest BCUT2D eigenvalue weighted by Gasteiger charge is 2.37. The molecule has 0 bridgehead atoms. The summed E-state index contributed by atoms with van der Waals surface area (Å²) in [7, 11) is 0. The fraction of sp³-hybridized carbons (Fsp3) is 0.611. The molecule has 0 aromatic heterocycles. The van der Waals surface area contributed by atoms with Crippen LogP contribution in [0, 0.1) is 0 Å². The van der Waals surface area contributed by atoms with Crippen LogP contribution in [0.1, 0.15) is 30.1 Å². The van der Waals surface area contributed by atoms with E-state index in [4.69, 9.17) is 14.6 Å². The second kappa shape index (κ2) is 7.96. The van der Waals surface area contributed by atoms with Gasteiger partial charge in [-0.2, -0.15) is 0 Å². The number of carbonyl (C=O) groups excluding carboxylic acids is 1. The molecule has 3 atom stereocenters. The number of amides is 1. The lowest BCUT2D eigenvalue weighted by atomic mass is 10.1. The van der Waals surface area contributed by atoms with Crippen molar-refractivity contribution < 1.29 is 19.4 Å². The Morgan fingerprint density at radius 3 is 3.04 bits per heavy atom. The Bertz CT molecular complexity index is 566. The Labute approximate surface area is 142 Å². The predicted octanol–water partition coefficient (Wildman–Crippen LogP) is 1.04. The van der Waals surface area contributed by atoms with Gasteiger partial charge in [-0.25, -0.2) is 0 Å². The molecule has 2 fully saturated rings. The molecule has 1 amide bonds. The van der Waals surface area contributed by atoms with Gasteiger partial charge in [0.1, 0.15) is 5.75 Å². The van der Waals surface area contributed by atoms with Gasteiger partial charge in [-0.3, -0.25) is 9.69 Å². The van der Waals surface area contributed by atoms with Crippen LogP contribution in [0.2, 0.25) is 0 Å². The van der Waals surface area contributed by atoms with Crippen molar-refractivity contribution in [1.82, 2.24) is 10.2 Å². The van der Waals surface area contributed by atoms with Gasteiger partial charge in [-0.05, 0) is 31.9 Å². The van der Waals surface area contributed by atoms with E-state index in [2.05, 4.69) is 10.2 Å². The van der Waals surface area contributed by atoms with Crippen molar-refractivity contribution in [2.45, 2.75) is 38.0 Å². The van der Waals surface area contributed by atoms with Gasteiger partial charge < -0.3 is 19.9 Å². The van der Waals surface area contributed by atoms with E-state index in [1.807, 2.05) is 25.1 Å². The van der Waals surface area contributed by atoms with Gasteiger partial charge in [0.25, 0.3) is 5.91 Å². The normalized spacial score (nSPS) is 26.8. The largest absolute Gasteiger partial charge is 0.493 e. The van der Waals surface area contributed by atoms with Crippen molar-refractivity contribution >= 4 is 5.91 Å². The number of carbonyl (C=O) groups is 1. The maximum Gasteiger partial charge on any atom is 0.255 e. The Hall–Kier alpha value is -1.63. The second-order valence-corrected chi connectivity index (χ2v) is 6.41. The average molecular weight is 334 g/mol. The minimum Gasteiger partial charge on any atom is -0.493 e. The van der Waals surface area contributed by atoms with Gasteiger partial charge in [0.15, 0.2) is 0 Å². The summed E-state index contributed by atoms with van der Waals surface area (Å²) < 4.78 is 11.3. The third-order valence-electron chi connectivity index (χ3n) is 4.71. The van der Waals surface area contributed by atoms with Crippen LogP contribution in [0.5, 0.6) is 5.75 Å². The van der Waals surface area contributed by atoms with E-state index in [9.17, 15) is 4.79 Å². The molecule has 132 valence electrons. The highest BCUT2D eigenvalue weighted by Crippen LogP contribution is 2.25. The van der Waals surface area contributed by atoms with E-state index < -0.39 is 0 Å². The van der Waals surface area contributed by atoms with Gasteiger partial charge in [0.2, 0.25) is 0 Å². The fourth-order valence-electron chi connectivity index (χ4n) is 3.56. The molecule has 0 spiro atoms. The van der Waals surface area contributed by atoms with Crippen LogP contribution in [0.25, 0.3) is 0 Å². The zero-order valence-corrected chi connectivity index (χ0v) is 14.1. The number of morpholine rings is 1. The number of nitrogens with one attached hydrogen (secondary N) is 1. The molecule has 2 N–H and O–H groups in total. The molecule has 2 heterocycles. The molecular formula is C18H26N2O4. The highest BCUT2D eigenvalue weighted by molar-refractivity contribution is 5.97. The SMILES string of the molecule is CCOc1ccccc1C(=O)N[C@H]1C[C@H]2CO[C@@H](CCO)CN2C1. The Kier molecular flexibility index (Phi) is 5.71. The predicted molar refractivity (Wildman–Crippen MR) is 90.3 cm³/mol. The molecular weight excluding hydrogens is 308 g/mol. The molecule has 0 radical (unpaired) electrons. The number of fused-ring (bicyclic) bond motifs is 1. The maximum absolute atomic E-state index is 12.6. The number of hydrogen-bond donors (Lipinski definition) is 2. The molecule has 1 aromatic rings.